The quantitative estimate of drug-likeness (QED) is 0.663. The number of hydrazone groups is 1. The highest BCUT2D eigenvalue weighted by molar-refractivity contribution is 5.94. The highest BCUT2D eigenvalue weighted by atomic mass is 16.7. The predicted octanol–water partition coefficient (Wildman–Crippen LogP) is 2.72. The van der Waals surface area contributed by atoms with Gasteiger partial charge in [-0.15, -0.1) is 0 Å². The number of azo groups is 1. The van der Waals surface area contributed by atoms with Gasteiger partial charge in [0.05, 0.1) is 18.0 Å². The molecule has 0 radical (unpaired) electrons. The third kappa shape index (κ3) is 3.43. The molecule has 2 N–H and O–H groups in total. The fourth-order valence-electron chi connectivity index (χ4n) is 2.80. The number of aliphatic hydroxyl groups excluding tert-OH is 1. The summed E-state index contributed by atoms with van der Waals surface area (Å²) < 4.78 is 11.3. The van der Waals surface area contributed by atoms with E-state index in [2.05, 4.69) is 20.8 Å². The van der Waals surface area contributed by atoms with Crippen LogP contribution in [0.15, 0.2) is 76.0 Å². The second-order valence-electron chi connectivity index (χ2n) is 5.84. The van der Waals surface area contributed by atoms with E-state index >= 15 is 0 Å². The van der Waals surface area contributed by atoms with Crippen LogP contribution in [-0.2, 0) is 9.47 Å². The summed E-state index contributed by atoms with van der Waals surface area (Å²) in [5.41, 5.74) is 4.82. The highest BCUT2D eigenvalue weighted by Gasteiger charge is 2.48. The van der Waals surface area contributed by atoms with E-state index in [4.69, 9.17) is 9.47 Å². The Morgan fingerprint density at radius 1 is 1.00 bits per heavy atom. The second kappa shape index (κ2) is 7.10. The number of hydrogen-bond acceptors (Lipinski definition) is 7. The van der Waals surface area contributed by atoms with E-state index in [9.17, 15) is 5.11 Å². The lowest BCUT2D eigenvalue weighted by Gasteiger charge is -2.29. The van der Waals surface area contributed by atoms with Gasteiger partial charge in [-0.3, -0.25) is 5.43 Å². The number of fused-ring (bicyclic) bond motifs is 2. The van der Waals surface area contributed by atoms with Crippen LogP contribution < -0.4 is 5.43 Å². The number of nitrogens with zero attached hydrogens (tertiary/aromatic N) is 3. The van der Waals surface area contributed by atoms with Crippen molar-refractivity contribution in [3.8, 4) is 0 Å². The molecule has 2 aliphatic rings. The summed E-state index contributed by atoms with van der Waals surface area (Å²) >= 11 is 0. The molecule has 25 heavy (non-hydrogen) atoms. The van der Waals surface area contributed by atoms with E-state index < -0.39 is 18.4 Å². The molecule has 2 aliphatic heterocycles. The molecule has 2 aromatic carbocycles. The van der Waals surface area contributed by atoms with Gasteiger partial charge in [0.1, 0.15) is 24.0 Å². The van der Waals surface area contributed by atoms with Crippen molar-refractivity contribution < 1.29 is 14.6 Å². The van der Waals surface area contributed by atoms with Crippen molar-refractivity contribution in [2.24, 2.45) is 15.3 Å². The lowest BCUT2D eigenvalue weighted by atomic mass is 10.00. The van der Waals surface area contributed by atoms with Gasteiger partial charge in [0.2, 0.25) is 6.29 Å². The molecule has 0 spiro atoms. The Morgan fingerprint density at radius 3 is 2.48 bits per heavy atom. The van der Waals surface area contributed by atoms with Crippen molar-refractivity contribution in [2.45, 2.75) is 24.5 Å². The van der Waals surface area contributed by atoms with E-state index in [1.807, 2.05) is 60.7 Å². The highest BCUT2D eigenvalue weighted by Crippen LogP contribution is 2.29. The zero-order chi connectivity index (χ0) is 17.1. The van der Waals surface area contributed by atoms with Crippen LogP contribution in [-0.4, -0.2) is 42.0 Å². The van der Waals surface area contributed by atoms with Gasteiger partial charge in [-0.05, 0) is 24.3 Å². The van der Waals surface area contributed by atoms with Gasteiger partial charge in [-0.2, -0.15) is 15.3 Å². The average molecular weight is 338 g/mol. The third-order valence-electron chi connectivity index (χ3n) is 4.11. The SMILES string of the molecule is OC1/C(=N\Nc2ccccc2)[C@H]2OCC(O2)[C@H]1N=Nc1ccccc1. The molecule has 128 valence electrons. The molecule has 2 bridgehead atoms. The summed E-state index contributed by atoms with van der Waals surface area (Å²) in [6, 6.07) is 18.3. The minimum atomic E-state index is -0.921. The molecule has 4 rings (SSSR count). The zero-order valence-corrected chi connectivity index (χ0v) is 13.4. The molecule has 7 heteroatoms. The summed E-state index contributed by atoms with van der Waals surface area (Å²) in [7, 11) is 0. The van der Waals surface area contributed by atoms with Crippen molar-refractivity contribution in [1.29, 1.82) is 0 Å². The van der Waals surface area contributed by atoms with Gasteiger partial charge in [0, 0.05) is 0 Å². The standard InChI is InChI=1S/C18H18N4O3/c23-17-15(21-19-12-7-3-1-4-8-12)14-11-24-18(25-14)16(17)22-20-13-9-5-2-6-10-13/h1-10,14-15,17-18,20,23H,11H2/b21-19?,22-16+/t14?,15-,17?,18+/m1/s1. The lowest BCUT2D eigenvalue weighted by Crippen LogP contribution is -2.50. The molecular formula is C18H18N4O3. The number of rotatable bonds is 4. The molecule has 2 unspecified atom stereocenters. The molecular weight excluding hydrogens is 320 g/mol. The number of para-hydroxylation sites is 1. The van der Waals surface area contributed by atoms with E-state index in [-0.39, 0.29) is 6.10 Å². The van der Waals surface area contributed by atoms with Gasteiger partial charge >= 0.3 is 0 Å². The Hall–Kier alpha value is -2.61. The molecule has 0 aliphatic carbocycles. The number of anilines is 1. The van der Waals surface area contributed by atoms with Crippen molar-refractivity contribution >= 4 is 17.1 Å². The largest absolute Gasteiger partial charge is 0.384 e. The number of benzene rings is 2. The van der Waals surface area contributed by atoms with Crippen LogP contribution in [0, 0.1) is 0 Å². The average Bonchev–Trinajstić information content (AvgIpc) is 3.09. The van der Waals surface area contributed by atoms with Crippen molar-refractivity contribution in [3.63, 3.8) is 0 Å². The fourth-order valence-corrected chi connectivity index (χ4v) is 2.80. The molecule has 0 amide bonds. The number of nitrogens with one attached hydrogen (secondary N) is 1. The Bertz CT molecular complexity index is 766. The molecule has 4 atom stereocenters. The summed E-state index contributed by atoms with van der Waals surface area (Å²) in [6.07, 6.45) is -1.91. The van der Waals surface area contributed by atoms with Crippen LogP contribution in [0.4, 0.5) is 11.4 Å². The second-order valence-corrected chi connectivity index (χ2v) is 5.84. The minimum absolute atomic E-state index is 0.330. The maximum absolute atomic E-state index is 10.7. The van der Waals surface area contributed by atoms with Crippen molar-refractivity contribution in [3.05, 3.63) is 60.7 Å². The topological polar surface area (TPSA) is 87.8 Å². The minimum Gasteiger partial charge on any atom is -0.384 e. The van der Waals surface area contributed by atoms with Gasteiger partial charge in [0.25, 0.3) is 0 Å². The maximum Gasteiger partial charge on any atom is 0.202 e. The molecule has 7 nitrogen and oxygen atoms in total. The van der Waals surface area contributed by atoms with Gasteiger partial charge in [-0.25, -0.2) is 0 Å². The van der Waals surface area contributed by atoms with Gasteiger partial charge < -0.3 is 14.6 Å². The Morgan fingerprint density at radius 2 is 1.72 bits per heavy atom. The van der Waals surface area contributed by atoms with Crippen molar-refractivity contribution in [1.82, 2.24) is 0 Å². The Labute approximate surface area is 145 Å². The van der Waals surface area contributed by atoms with Crippen LogP contribution in [0.2, 0.25) is 0 Å². The van der Waals surface area contributed by atoms with Crippen LogP contribution >= 0.6 is 0 Å². The summed E-state index contributed by atoms with van der Waals surface area (Å²) in [6.45, 7) is 0.352. The van der Waals surface area contributed by atoms with E-state index in [1.54, 1.807) is 0 Å². The van der Waals surface area contributed by atoms with E-state index in [1.165, 1.54) is 0 Å². The molecule has 0 saturated carbocycles. The maximum atomic E-state index is 10.7. The third-order valence-corrected chi connectivity index (χ3v) is 4.11. The first-order valence-electron chi connectivity index (χ1n) is 8.11. The molecule has 2 saturated heterocycles. The smallest absolute Gasteiger partial charge is 0.202 e. The fraction of sp³-hybridized carbons (Fsp3) is 0.278. The Balaban J connectivity index is 1.54. The monoisotopic (exact) mass is 338 g/mol. The summed E-state index contributed by atoms with van der Waals surface area (Å²) in [5.74, 6) is 0. The number of hydrogen-bond donors (Lipinski definition) is 2. The van der Waals surface area contributed by atoms with Crippen LogP contribution in [0.1, 0.15) is 0 Å². The predicted molar refractivity (Wildman–Crippen MR) is 92.9 cm³/mol. The molecule has 2 aromatic rings. The van der Waals surface area contributed by atoms with E-state index in [0.717, 1.165) is 11.4 Å². The van der Waals surface area contributed by atoms with Crippen molar-refractivity contribution in [2.75, 3.05) is 12.0 Å². The van der Waals surface area contributed by atoms with Gasteiger partial charge in [-0.1, -0.05) is 36.4 Å². The number of ether oxygens (including phenoxy) is 2. The first-order valence-corrected chi connectivity index (χ1v) is 8.11. The van der Waals surface area contributed by atoms with Crippen LogP contribution in [0.5, 0.6) is 0 Å². The first kappa shape index (κ1) is 15.9. The Kier molecular flexibility index (Phi) is 4.51. The first-order chi connectivity index (χ1) is 12.3. The zero-order valence-electron chi connectivity index (χ0n) is 13.4. The lowest BCUT2D eigenvalue weighted by molar-refractivity contribution is -0.0445. The molecule has 0 aromatic heterocycles. The van der Waals surface area contributed by atoms with Crippen LogP contribution in [0.3, 0.4) is 0 Å². The normalized spacial score (nSPS) is 30.0. The number of aliphatic hydroxyl groups is 1. The summed E-state index contributed by atoms with van der Waals surface area (Å²) in [5, 5.41) is 23.4. The van der Waals surface area contributed by atoms with Gasteiger partial charge in [0.15, 0.2) is 0 Å². The molecule has 2 fully saturated rings. The summed E-state index contributed by atoms with van der Waals surface area (Å²) in [4.78, 5) is 0. The van der Waals surface area contributed by atoms with Crippen LogP contribution in [0.25, 0.3) is 0 Å². The van der Waals surface area contributed by atoms with E-state index in [0.29, 0.717) is 12.3 Å². The molecule has 2 heterocycles.